The molecule has 114 valence electrons. The molecule has 1 amide bonds. The molecule has 0 aliphatic carbocycles. The van der Waals surface area contributed by atoms with E-state index in [1.807, 2.05) is 12.1 Å². The van der Waals surface area contributed by atoms with Gasteiger partial charge in [0.2, 0.25) is 5.91 Å². The molecule has 0 bridgehead atoms. The summed E-state index contributed by atoms with van der Waals surface area (Å²) in [7, 11) is 0. The van der Waals surface area contributed by atoms with E-state index in [-0.39, 0.29) is 23.3 Å². The lowest BCUT2D eigenvalue weighted by Crippen LogP contribution is -2.26. The van der Waals surface area contributed by atoms with Crippen LogP contribution in [0.3, 0.4) is 0 Å². The van der Waals surface area contributed by atoms with E-state index in [4.69, 9.17) is 0 Å². The van der Waals surface area contributed by atoms with Gasteiger partial charge < -0.3 is 10.6 Å². The van der Waals surface area contributed by atoms with Crippen molar-refractivity contribution in [3.63, 3.8) is 0 Å². The number of aromatic nitrogens is 1. The van der Waals surface area contributed by atoms with Crippen molar-refractivity contribution in [3.8, 4) is 0 Å². The summed E-state index contributed by atoms with van der Waals surface area (Å²) in [4.78, 5) is 16.3. The molecule has 0 saturated carbocycles. The molecule has 4 nitrogen and oxygen atoms in total. The number of amides is 1. The summed E-state index contributed by atoms with van der Waals surface area (Å²) in [5.74, 6) is -0.933. The predicted octanol–water partition coefficient (Wildman–Crippen LogP) is 2.61. The summed E-state index contributed by atoms with van der Waals surface area (Å²) < 4.78 is 14.5. The van der Waals surface area contributed by atoms with Crippen molar-refractivity contribution >= 4 is 11.6 Å². The summed E-state index contributed by atoms with van der Waals surface area (Å²) in [6.45, 7) is 3.21. The second-order valence-electron chi connectivity index (χ2n) is 5.49. The van der Waals surface area contributed by atoms with E-state index in [1.54, 1.807) is 31.5 Å². The monoisotopic (exact) mass is 299 g/mol. The highest BCUT2D eigenvalue weighted by Gasteiger charge is 2.20. The zero-order valence-electron chi connectivity index (χ0n) is 12.4. The molecule has 1 aliphatic heterocycles. The number of benzene rings is 1. The van der Waals surface area contributed by atoms with Crippen LogP contribution >= 0.6 is 0 Å². The van der Waals surface area contributed by atoms with Crippen LogP contribution in [0.4, 0.5) is 10.1 Å². The second kappa shape index (κ2) is 6.23. The Balaban J connectivity index is 1.80. The van der Waals surface area contributed by atoms with Crippen LogP contribution in [0.15, 0.2) is 36.7 Å². The van der Waals surface area contributed by atoms with Crippen LogP contribution in [0.1, 0.15) is 29.5 Å². The molecule has 2 aromatic rings. The first-order valence-electron chi connectivity index (χ1n) is 7.38. The molecule has 0 radical (unpaired) electrons. The summed E-state index contributed by atoms with van der Waals surface area (Å²) in [5, 5.41) is 5.90. The second-order valence-corrected chi connectivity index (χ2v) is 5.49. The van der Waals surface area contributed by atoms with Crippen molar-refractivity contribution in [2.24, 2.45) is 0 Å². The van der Waals surface area contributed by atoms with Crippen LogP contribution in [0, 0.1) is 5.82 Å². The quantitative estimate of drug-likeness (QED) is 0.916. The van der Waals surface area contributed by atoms with Crippen LogP contribution in [0.25, 0.3) is 0 Å². The number of nitrogens with zero attached hydrogens (tertiary/aromatic N) is 1. The van der Waals surface area contributed by atoms with Crippen LogP contribution < -0.4 is 10.6 Å². The maximum Gasteiger partial charge on any atom is 0.231 e. The van der Waals surface area contributed by atoms with Gasteiger partial charge in [0, 0.05) is 18.9 Å². The molecule has 0 saturated heterocycles. The Kier molecular flexibility index (Phi) is 4.15. The van der Waals surface area contributed by atoms with Gasteiger partial charge in [0.15, 0.2) is 0 Å². The lowest BCUT2D eigenvalue weighted by molar-refractivity contribution is -0.117. The number of anilines is 1. The number of fused-ring (bicyclic) bond motifs is 1. The van der Waals surface area contributed by atoms with Gasteiger partial charge in [-0.1, -0.05) is 12.1 Å². The van der Waals surface area contributed by atoms with Gasteiger partial charge >= 0.3 is 0 Å². The first-order valence-corrected chi connectivity index (χ1v) is 7.38. The predicted molar refractivity (Wildman–Crippen MR) is 83.1 cm³/mol. The van der Waals surface area contributed by atoms with Crippen LogP contribution in [-0.4, -0.2) is 17.4 Å². The molecule has 0 spiro atoms. The highest BCUT2D eigenvalue weighted by Crippen LogP contribution is 2.25. The molecule has 1 atom stereocenters. The van der Waals surface area contributed by atoms with E-state index in [9.17, 15) is 9.18 Å². The van der Waals surface area contributed by atoms with Crippen LogP contribution in [0.2, 0.25) is 0 Å². The molecule has 0 fully saturated rings. The Morgan fingerprint density at radius 2 is 2.27 bits per heavy atom. The average molecular weight is 299 g/mol. The van der Waals surface area contributed by atoms with Crippen molar-refractivity contribution in [2.75, 3.05) is 11.9 Å². The fourth-order valence-electron chi connectivity index (χ4n) is 2.65. The van der Waals surface area contributed by atoms with Gasteiger partial charge in [-0.2, -0.15) is 0 Å². The third-order valence-corrected chi connectivity index (χ3v) is 4.04. The summed E-state index contributed by atoms with van der Waals surface area (Å²) >= 11 is 0. The van der Waals surface area contributed by atoms with E-state index in [2.05, 4.69) is 15.6 Å². The SMILES string of the molecule is CC(C(=O)Nc1ccc2c(c1F)CCNC2)c1cccnc1. The van der Waals surface area contributed by atoms with Gasteiger partial charge in [0.05, 0.1) is 11.6 Å². The largest absolute Gasteiger partial charge is 0.323 e. The molecule has 3 rings (SSSR count). The number of halogens is 1. The maximum absolute atomic E-state index is 14.5. The number of hydrogen-bond acceptors (Lipinski definition) is 3. The summed E-state index contributed by atoms with van der Waals surface area (Å²) in [6.07, 6.45) is 3.95. The lowest BCUT2D eigenvalue weighted by atomic mass is 9.98. The first-order chi connectivity index (χ1) is 10.7. The topological polar surface area (TPSA) is 54.0 Å². The van der Waals surface area contributed by atoms with Crippen molar-refractivity contribution < 1.29 is 9.18 Å². The molecule has 5 heteroatoms. The molecule has 1 aromatic heterocycles. The normalized spacial score (nSPS) is 15.0. The van der Waals surface area contributed by atoms with Gasteiger partial charge in [0.25, 0.3) is 0 Å². The summed E-state index contributed by atoms with van der Waals surface area (Å²) in [6, 6.07) is 7.13. The minimum absolute atomic E-state index is 0.235. The third-order valence-electron chi connectivity index (χ3n) is 4.04. The maximum atomic E-state index is 14.5. The lowest BCUT2D eigenvalue weighted by Gasteiger charge is -2.20. The number of carbonyl (C=O) groups excluding carboxylic acids is 1. The van der Waals surface area contributed by atoms with Crippen molar-refractivity contribution in [1.82, 2.24) is 10.3 Å². The molecule has 1 aliphatic rings. The number of nitrogens with one attached hydrogen (secondary N) is 2. The highest BCUT2D eigenvalue weighted by molar-refractivity contribution is 5.95. The van der Waals surface area contributed by atoms with Gasteiger partial charge in [-0.05, 0) is 48.7 Å². The highest BCUT2D eigenvalue weighted by atomic mass is 19.1. The fourth-order valence-corrected chi connectivity index (χ4v) is 2.65. The van der Waals surface area contributed by atoms with E-state index < -0.39 is 0 Å². The van der Waals surface area contributed by atoms with Gasteiger partial charge in [-0.15, -0.1) is 0 Å². The molecular formula is C17H18FN3O. The van der Waals surface area contributed by atoms with Crippen LogP contribution in [0.5, 0.6) is 0 Å². The Hall–Kier alpha value is -2.27. The van der Waals surface area contributed by atoms with Gasteiger partial charge in [-0.3, -0.25) is 9.78 Å². The zero-order valence-corrected chi connectivity index (χ0v) is 12.4. The van der Waals surface area contributed by atoms with E-state index in [0.717, 1.165) is 17.7 Å². The van der Waals surface area contributed by atoms with Crippen molar-refractivity contribution in [1.29, 1.82) is 0 Å². The molecule has 1 aromatic carbocycles. The minimum Gasteiger partial charge on any atom is -0.323 e. The number of hydrogen-bond donors (Lipinski definition) is 2. The molecule has 1 unspecified atom stereocenters. The smallest absolute Gasteiger partial charge is 0.231 e. The van der Waals surface area contributed by atoms with Gasteiger partial charge in [0.1, 0.15) is 5.82 Å². The number of rotatable bonds is 3. The Morgan fingerprint density at radius 1 is 1.41 bits per heavy atom. The van der Waals surface area contributed by atoms with E-state index >= 15 is 0 Å². The molecule has 2 heterocycles. The number of carbonyl (C=O) groups is 1. The standard InChI is InChI=1S/C17H18FN3O/c1-11(12-3-2-7-19-9-12)17(22)21-15-5-4-13-10-20-8-6-14(13)16(15)18/h2-5,7,9,11,20H,6,8,10H2,1H3,(H,21,22). The molecule has 22 heavy (non-hydrogen) atoms. The zero-order chi connectivity index (χ0) is 15.5. The summed E-state index contributed by atoms with van der Waals surface area (Å²) in [5.41, 5.74) is 2.72. The van der Waals surface area contributed by atoms with Gasteiger partial charge in [-0.25, -0.2) is 4.39 Å². The Morgan fingerprint density at radius 3 is 3.05 bits per heavy atom. The average Bonchev–Trinajstić information content (AvgIpc) is 2.57. The third kappa shape index (κ3) is 2.85. The number of pyridine rings is 1. The van der Waals surface area contributed by atoms with E-state index in [0.29, 0.717) is 18.5 Å². The Labute approximate surface area is 128 Å². The fraction of sp³-hybridized carbons (Fsp3) is 0.294. The van der Waals surface area contributed by atoms with E-state index in [1.165, 1.54) is 0 Å². The van der Waals surface area contributed by atoms with Crippen molar-refractivity contribution in [2.45, 2.75) is 25.8 Å². The Bertz CT molecular complexity index is 688. The molecule has 2 N–H and O–H groups in total. The first kappa shape index (κ1) is 14.7. The minimum atomic E-state index is -0.384. The van der Waals surface area contributed by atoms with Crippen LogP contribution in [-0.2, 0) is 17.8 Å². The molecular weight excluding hydrogens is 281 g/mol. The van der Waals surface area contributed by atoms with Crippen molar-refractivity contribution in [3.05, 3.63) is 59.2 Å².